The highest BCUT2D eigenvalue weighted by atomic mass is 35.5. The normalized spacial score (nSPS) is 10.8. The molecule has 142 valence electrons. The number of halogens is 4. The van der Waals surface area contributed by atoms with Crippen LogP contribution in [0.2, 0.25) is 5.02 Å². The predicted octanol–water partition coefficient (Wildman–Crippen LogP) is 4.05. The number of hydrogen-bond acceptors (Lipinski definition) is 5. The Morgan fingerprint density at radius 3 is 2.56 bits per heavy atom. The molecule has 2 aromatic heterocycles. The number of carboxylic acid groups (broad SMARTS) is 1. The molecule has 1 aromatic carbocycles. The molecule has 0 aliphatic heterocycles. The number of rotatable bonds is 3. The lowest BCUT2D eigenvalue weighted by molar-refractivity contribution is -0.192. The Balaban J connectivity index is 0.000000321. The largest absolute Gasteiger partial charge is 0.490 e. The first-order valence-electron chi connectivity index (χ1n) is 7.22. The maximum Gasteiger partial charge on any atom is 0.490 e. The van der Waals surface area contributed by atoms with Crippen LogP contribution in [0.3, 0.4) is 0 Å². The van der Waals surface area contributed by atoms with Crippen LogP contribution in [-0.4, -0.2) is 22.2 Å². The lowest BCUT2D eigenvalue weighted by Gasteiger charge is -2.08. The van der Waals surface area contributed by atoms with Gasteiger partial charge in [0, 0.05) is 23.0 Å². The Morgan fingerprint density at radius 1 is 1.26 bits per heavy atom. The smallest absolute Gasteiger partial charge is 0.488 e. The third-order valence-electron chi connectivity index (χ3n) is 3.03. The second-order valence-corrected chi connectivity index (χ2v) is 5.46. The Kier molecular flexibility index (Phi) is 6.40. The molecule has 0 saturated carbocycles. The van der Waals surface area contributed by atoms with Crippen molar-refractivity contribution in [1.82, 2.24) is 4.98 Å². The Labute approximate surface area is 154 Å². The molecule has 27 heavy (non-hydrogen) atoms. The van der Waals surface area contributed by atoms with E-state index in [4.69, 9.17) is 30.7 Å². The number of alkyl halides is 3. The average molecular weight is 402 g/mol. The van der Waals surface area contributed by atoms with Crippen LogP contribution in [0, 0.1) is 0 Å². The molecule has 0 bridgehead atoms. The average Bonchev–Trinajstić information content (AvgIpc) is 2.60. The summed E-state index contributed by atoms with van der Waals surface area (Å²) in [7, 11) is 0. The molecule has 0 spiro atoms. The molecule has 0 atom stereocenters. The van der Waals surface area contributed by atoms with Gasteiger partial charge >= 0.3 is 17.8 Å². The van der Waals surface area contributed by atoms with Crippen molar-refractivity contribution in [3.8, 4) is 5.75 Å². The monoisotopic (exact) mass is 401 g/mol. The zero-order valence-corrected chi connectivity index (χ0v) is 14.1. The van der Waals surface area contributed by atoms with E-state index in [-0.39, 0.29) is 0 Å². The number of benzene rings is 1. The summed E-state index contributed by atoms with van der Waals surface area (Å²) >= 11 is 5.96. The minimum atomic E-state index is -5.08. The fourth-order valence-corrected chi connectivity index (χ4v) is 2.04. The molecule has 10 heteroatoms. The SMILES string of the molecule is O=C(O)C(F)(F)F.O=c1cc(OCc2cccnc2)c2cc(Cl)ccc2o1. The van der Waals surface area contributed by atoms with E-state index in [2.05, 4.69) is 4.98 Å². The zero-order chi connectivity index (χ0) is 20.0. The second-order valence-electron chi connectivity index (χ2n) is 5.02. The topological polar surface area (TPSA) is 89.6 Å². The number of aromatic nitrogens is 1. The number of fused-ring (bicyclic) bond motifs is 1. The van der Waals surface area contributed by atoms with E-state index in [1.54, 1.807) is 30.6 Å². The van der Waals surface area contributed by atoms with Gasteiger partial charge in [-0.2, -0.15) is 13.2 Å². The lowest BCUT2D eigenvalue weighted by atomic mass is 10.2. The van der Waals surface area contributed by atoms with Crippen molar-refractivity contribution >= 4 is 28.5 Å². The summed E-state index contributed by atoms with van der Waals surface area (Å²) in [6.45, 7) is 0.318. The van der Waals surface area contributed by atoms with E-state index in [1.165, 1.54) is 6.07 Å². The summed E-state index contributed by atoms with van der Waals surface area (Å²) in [5.41, 5.74) is 0.903. The molecule has 3 aromatic rings. The number of nitrogens with zero attached hydrogens (tertiary/aromatic N) is 1. The fraction of sp³-hybridized carbons (Fsp3) is 0.118. The van der Waals surface area contributed by atoms with Gasteiger partial charge in [0.05, 0.1) is 11.5 Å². The number of ether oxygens (including phenoxy) is 1. The number of carbonyl (C=O) groups is 1. The van der Waals surface area contributed by atoms with E-state index in [9.17, 15) is 18.0 Å². The van der Waals surface area contributed by atoms with Crippen molar-refractivity contribution < 1.29 is 32.2 Å². The van der Waals surface area contributed by atoms with Crippen LogP contribution in [0.25, 0.3) is 11.0 Å². The number of hydrogen-bond donors (Lipinski definition) is 1. The molecule has 6 nitrogen and oxygen atoms in total. The van der Waals surface area contributed by atoms with Gasteiger partial charge in [0.1, 0.15) is 17.9 Å². The maximum absolute atomic E-state index is 11.5. The van der Waals surface area contributed by atoms with Crippen molar-refractivity contribution in [3.63, 3.8) is 0 Å². The van der Waals surface area contributed by atoms with Gasteiger partial charge in [-0.1, -0.05) is 17.7 Å². The van der Waals surface area contributed by atoms with Gasteiger partial charge in [-0.05, 0) is 24.3 Å². The molecule has 0 aliphatic rings. The molecule has 2 heterocycles. The van der Waals surface area contributed by atoms with E-state index < -0.39 is 17.8 Å². The van der Waals surface area contributed by atoms with Gasteiger partial charge in [0.25, 0.3) is 0 Å². The van der Waals surface area contributed by atoms with Crippen LogP contribution in [0.5, 0.6) is 5.75 Å². The van der Waals surface area contributed by atoms with Gasteiger partial charge in [-0.15, -0.1) is 0 Å². The fourth-order valence-electron chi connectivity index (χ4n) is 1.87. The van der Waals surface area contributed by atoms with Crippen molar-refractivity contribution in [2.24, 2.45) is 0 Å². The minimum absolute atomic E-state index is 0.318. The molecule has 3 rings (SSSR count). The van der Waals surface area contributed by atoms with Crippen LogP contribution in [-0.2, 0) is 11.4 Å². The van der Waals surface area contributed by atoms with Gasteiger partial charge < -0.3 is 14.3 Å². The Morgan fingerprint density at radius 2 is 1.96 bits per heavy atom. The highest BCUT2D eigenvalue weighted by molar-refractivity contribution is 6.31. The van der Waals surface area contributed by atoms with E-state index in [0.717, 1.165) is 5.56 Å². The molecule has 1 N–H and O–H groups in total. The summed E-state index contributed by atoms with van der Waals surface area (Å²) in [6.07, 6.45) is -1.68. The first kappa shape index (κ1) is 20.2. The highest BCUT2D eigenvalue weighted by Gasteiger charge is 2.38. The van der Waals surface area contributed by atoms with Crippen molar-refractivity contribution in [1.29, 1.82) is 0 Å². The molecule has 0 saturated heterocycles. The van der Waals surface area contributed by atoms with Crippen LogP contribution in [0.4, 0.5) is 13.2 Å². The van der Waals surface area contributed by atoms with Gasteiger partial charge in [-0.25, -0.2) is 9.59 Å². The predicted molar refractivity (Wildman–Crippen MR) is 89.8 cm³/mol. The van der Waals surface area contributed by atoms with Crippen LogP contribution in [0.1, 0.15) is 5.56 Å². The highest BCUT2D eigenvalue weighted by Crippen LogP contribution is 2.27. The van der Waals surface area contributed by atoms with E-state index >= 15 is 0 Å². The number of carboxylic acids is 1. The third kappa shape index (κ3) is 6.00. The molecular weight excluding hydrogens is 391 g/mol. The van der Waals surface area contributed by atoms with Crippen LogP contribution in [0.15, 0.2) is 58.0 Å². The lowest BCUT2D eigenvalue weighted by Crippen LogP contribution is -2.21. The Bertz CT molecular complexity index is 989. The molecule has 0 unspecified atom stereocenters. The first-order valence-corrected chi connectivity index (χ1v) is 7.60. The summed E-state index contributed by atoms with van der Waals surface area (Å²) < 4.78 is 42.5. The van der Waals surface area contributed by atoms with Crippen molar-refractivity contribution in [2.75, 3.05) is 0 Å². The van der Waals surface area contributed by atoms with Crippen LogP contribution < -0.4 is 10.4 Å². The first-order chi connectivity index (χ1) is 12.7. The quantitative estimate of drug-likeness (QED) is 0.666. The molecule has 0 radical (unpaired) electrons. The molecule has 0 amide bonds. The van der Waals surface area contributed by atoms with Gasteiger partial charge in [0.2, 0.25) is 0 Å². The number of aliphatic carboxylic acids is 1. The van der Waals surface area contributed by atoms with E-state index in [0.29, 0.717) is 28.3 Å². The van der Waals surface area contributed by atoms with E-state index in [1.807, 2.05) is 12.1 Å². The van der Waals surface area contributed by atoms with Gasteiger partial charge in [0.15, 0.2) is 0 Å². The molecular formula is C17H11ClF3NO5. The molecule has 0 fully saturated rings. The summed E-state index contributed by atoms with van der Waals surface area (Å²) in [5, 5.41) is 8.35. The molecule has 0 aliphatic carbocycles. The summed E-state index contributed by atoms with van der Waals surface area (Å²) in [6, 6.07) is 10.1. The Hall–Kier alpha value is -3.07. The summed E-state index contributed by atoms with van der Waals surface area (Å²) in [5.74, 6) is -2.31. The second kappa shape index (κ2) is 8.54. The van der Waals surface area contributed by atoms with Crippen molar-refractivity contribution in [2.45, 2.75) is 12.8 Å². The summed E-state index contributed by atoms with van der Waals surface area (Å²) in [4.78, 5) is 24.4. The maximum atomic E-state index is 11.5. The standard InChI is InChI=1S/C15H10ClNO3.C2HF3O2/c16-11-3-4-13-12(6-11)14(7-15(18)20-13)19-9-10-2-1-5-17-8-10;3-2(4,5)1(6)7/h1-8H,9H2;(H,6,7). The van der Waals surface area contributed by atoms with Crippen LogP contribution >= 0.6 is 11.6 Å². The zero-order valence-electron chi connectivity index (χ0n) is 13.4. The third-order valence-corrected chi connectivity index (χ3v) is 3.26. The minimum Gasteiger partial charge on any atom is -0.488 e. The number of pyridine rings is 1. The van der Waals surface area contributed by atoms with Crippen molar-refractivity contribution in [3.05, 3.63) is 69.8 Å². The van der Waals surface area contributed by atoms with Gasteiger partial charge in [-0.3, -0.25) is 4.98 Å².